The fourth-order valence-corrected chi connectivity index (χ4v) is 7.31. The Bertz CT molecular complexity index is 528. The van der Waals surface area contributed by atoms with E-state index in [1.54, 1.807) is 0 Å². The maximum Gasteiger partial charge on any atom is 0.174 e. The topological polar surface area (TPSA) is 27.7 Å². The predicted molar refractivity (Wildman–Crippen MR) is 177 cm³/mol. The molecule has 2 aliphatic heterocycles. The summed E-state index contributed by atoms with van der Waals surface area (Å²) in [4.78, 5) is 0. The van der Waals surface area contributed by atoms with Gasteiger partial charge in [-0.1, -0.05) is 168 Å². The van der Waals surface area contributed by atoms with Gasteiger partial charge in [-0.25, -0.2) is 0 Å². The van der Waals surface area contributed by atoms with Gasteiger partial charge in [-0.05, 0) is 26.7 Å². The molecule has 2 heterocycles. The number of hydrogen-bond donors (Lipinski definition) is 0. The van der Waals surface area contributed by atoms with Crippen molar-refractivity contribution in [1.82, 2.24) is 0 Å². The molecule has 3 heteroatoms. The quantitative estimate of drug-likeness (QED) is 0.0793. The van der Waals surface area contributed by atoms with Gasteiger partial charge in [-0.2, -0.15) is 0 Å². The van der Waals surface area contributed by atoms with E-state index in [1.807, 2.05) is 0 Å². The van der Waals surface area contributed by atoms with E-state index in [9.17, 15) is 0 Å². The van der Waals surface area contributed by atoms with E-state index in [-0.39, 0.29) is 11.6 Å². The van der Waals surface area contributed by atoms with Crippen LogP contribution in [0, 0.1) is 0 Å². The average Bonchev–Trinajstić information content (AvgIpc) is 2.92. The van der Waals surface area contributed by atoms with Crippen LogP contribution in [0.4, 0.5) is 0 Å². The summed E-state index contributed by atoms with van der Waals surface area (Å²) in [6.07, 6.45) is 41.0. The first-order valence-corrected chi connectivity index (χ1v) is 19.1. The molecule has 0 aromatic carbocycles. The Balaban J connectivity index is 1.51. The van der Waals surface area contributed by atoms with Crippen LogP contribution in [0.1, 0.15) is 220 Å². The third-order valence-corrected chi connectivity index (χ3v) is 9.72. The summed E-state index contributed by atoms with van der Waals surface area (Å²) in [5.41, 5.74) is 0. The van der Waals surface area contributed by atoms with Crippen LogP contribution >= 0.6 is 0 Å². The van der Waals surface area contributed by atoms with Crippen molar-refractivity contribution in [1.29, 1.82) is 0 Å². The lowest BCUT2D eigenvalue weighted by molar-refractivity contribution is -0.457. The molecule has 0 bridgehead atoms. The highest BCUT2D eigenvalue weighted by atomic mass is 16.8. The highest BCUT2D eigenvalue weighted by Gasteiger charge is 2.54. The molecule has 0 saturated carbocycles. The lowest BCUT2D eigenvalue weighted by Gasteiger charge is -2.55. The van der Waals surface area contributed by atoms with Crippen molar-refractivity contribution in [2.75, 3.05) is 0 Å². The van der Waals surface area contributed by atoms with Gasteiger partial charge < -0.3 is 14.2 Å². The Kier molecular flexibility index (Phi) is 21.1. The molecule has 4 unspecified atom stereocenters. The molecule has 2 aliphatic rings. The van der Waals surface area contributed by atoms with Crippen molar-refractivity contribution in [2.45, 2.75) is 244 Å². The molecule has 0 radical (unpaired) electrons. The molecule has 2 fully saturated rings. The largest absolute Gasteiger partial charge is 0.347 e. The maximum absolute atomic E-state index is 6.81. The van der Waals surface area contributed by atoms with Crippen LogP contribution in [0.3, 0.4) is 0 Å². The van der Waals surface area contributed by atoms with Crippen LogP contribution < -0.4 is 0 Å². The van der Waals surface area contributed by atoms with Crippen molar-refractivity contribution < 1.29 is 14.2 Å². The first-order valence-electron chi connectivity index (χ1n) is 19.1. The van der Waals surface area contributed by atoms with Crippen LogP contribution in [0.2, 0.25) is 0 Å². The fraction of sp³-hybridized carbons (Fsp3) is 1.00. The highest BCUT2D eigenvalue weighted by molar-refractivity contribution is 4.91. The highest BCUT2D eigenvalue weighted by Crippen LogP contribution is 2.48. The van der Waals surface area contributed by atoms with Crippen molar-refractivity contribution in [2.24, 2.45) is 0 Å². The van der Waals surface area contributed by atoms with Gasteiger partial charge in [0, 0.05) is 25.7 Å². The third-order valence-electron chi connectivity index (χ3n) is 9.72. The molecule has 4 atom stereocenters. The number of hydrogen-bond acceptors (Lipinski definition) is 3. The first kappa shape index (κ1) is 37.1. The molecule has 41 heavy (non-hydrogen) atoms. The van der Waals surface area contributed by atoms with Gasteiger partial charge in [-0.3, -0.25) is 0 Å². The molecule has 2 saturated heterocycles. The van der Waals surface area contributed by atoms with E-state index in [0.29, 0.717) is 12.2 Å². The normalized spacial score (nSPS) is 25.8. The van der Waals surface area contributed by atoms with Gasteiger partial charge in [0.05, 0.1) is 12.2 Å². The van der Waals surface area contributed by atoms with Crippen LogP contribution in [0.15, 0.2) is 0 Å². The molecule has 3 nitrogen and oxygen atoms in total. The molecule has 0 spiro atoms. The number of unbranched alkanes of at least 4 members (excludes halogenated alkanes) is 24. The summed E-state index contributed by atoms with van der Waals surface area (Å²) in [5, 5.41) is 0. The van der Waals surface area contributed by atoms with Gasteiger partial charge in [-0.15, -0.1) is 0 Å². The Morgan fingerprint density at radius 2 is 0.634 bits per heavy atom. The smallest absolute Gasteiger partial charge is 0.174 e. The lowest BCUT2D eigenvalue weighted by atomic mass is 9.91. The average molecular weight is 579 g/mol. The Hall–Kier alpha value is -0.120. The maximum atomic E-state index is 6.81. The molecular weight excluding hydrogens is 504 g/mol. The second-order valence-corrected chi connectivity index (χ2v) is 14.2. The summed E-state index contributed by atoms with van der Waals surface area (Å²) in [7, 11) is 0. The molecule has 0 aromatic rings. The lowest BCUT2D eigenvalue weighted by Crippen LogP contribution is -2.61. The molecule has 0 aliphatic carbocycles. The van der Waals surface area contributed by atoms with Gasteiger partial charge in [0.1, 0.15) is 0 Å². The predicted octanol–water partition coefficient (Wildman–Crippen LogP) is 13.0. The zero-order valence-corrected chi connectivity index (χ0v) is 28.6. The molecule has 244 valence electrons. The van der Waals surface area contributed by atoms with E-state index >= 15 is 0 Å². The van der Waals surface area contributed by atoms with E-state index in [4.69, 9.17) is 14.2 Å². The van der Waals surface area contributed by atoms with Crippen molar-refractivity contribution >= 4 is 0 Å². The minimum absolute atomic E-state index is 0.322. The standard InChI is InChI=1S/C38H74O3/c1-5-7-9-11-13-15-17-19-21-23-25-27-29-31-37(33-35(3)39-37)41-38(34-36(4)40-38)32-30-28-26-24-22-20-18-16-14-12-10-8-6-2/h35-36H,5-34H2,1-4H3. The van der Waals surface area contributed by atoms with Crippen molar-refractivity contribution in [3.63, 3.8) is 0 Å². The monoisotopic (exact) mass is 579 g/mol. The van der Waals surface area contributed by atoms with Crippen LogP contribution in [0.25, 0.3) is 0 Å². The summed E-state index contributed by atoms with van der Waals surface area (Å²) in [6, 6.07) is 0. The molecular formula is C38H74O3. The first-order chi connectivity index (χ1) is 20.0. The van der Waals surface area contributed by atoms with E-state index in [2.05, 4.69) is 27.7 Å². The minimum atomic E-state index is -0.381. The Morgan fingerprint density at radius 3 is 0.854 bits per heavy atom. The summed E-state index contributed by atoms with van der Waals surface area (Å²) in [6.45, 7) is 8.98. The summed E-state index contributed by atoms with van der Waals surface area (Å²) in [5.74, 6) is -0.762. The SMILES string of the molecule is CCCCCCCCCCCCCCCC1(OC2(CCCCCCCCCCCCCCC)CC(C)O2)CC(C)O1. The third kappa shape index (κ3) is 17.1. The summed E-state index contributed by atoms with van der Waals surface area (Å²) < 4.78 is 19.4. The van der Waals surface area contributed by atoms with E-state index in [1.165, 1.54) is 167 Å². The van der Waals surface area contributed by atoms with Gasteiger partial charge in [0.2, 0.25) is 0 Å². The van der Waals surface area contributed by atoms with Crippen molar-refractivity contribution in [3.05, 3.63) is 0 Å². The van der Waals surface area contributed by atoms with Gasteiger partial charge in [0.25, 0.3) is 0 Å². The molecule has 0 aromatic heterocycles. The summed E-state index contributed by atoms with van der Waals surface area (Å²) >= 11 is 0. The molecule has 0 N–H and O–H groups in total. The van der Waals surface area contributed by atoms with Gasteiger partial charge >= 0.3 is 0 Å². The molecule has 2 rings (SSSR count). The van der Waals surface area contributed by atoms with E-state index in [0.717, 1.165) is 25.7 Å². The molecule has 0 amide bonds. The minimum Gasteiger partial charge on any atom is -0.347 e. The zero-order chi connectivity index (χ0) is 29.5. The fourth-order valence-electron chi connectivity index (χ4n) is 7.31. The van der Waals surface area contributed by atoms with Crippen LogP contribution in [-0.2, 0) is 14.2 Å². The van der Waals surface area contributed by atoms with Crippen LogP contribution in [0.5, 0.6) is 0 Å². The van der Waals surface area contributed by atoms with E-state index < -0.39 is 0 Å². The second-order valence-electron chi connectivity index (χ2n) is 14.2. The van der Waals surface area contributed by atoms with Gasteiger partial charge in [0.15, 0.2) is 11.6 Å². The Labute approximate surface area is 258 Å². The number of rotatable bonds is 30. The van der Waals surface area contributed by atoms with Crippen LogP contribution in [-0.4, -0.2) is 23.8 Å². The van der Waals surface area contributed by atoms with Crippen molar-refractivity contribution in [3.8, 4) is 0 Å². The Morgan fingerprint density at radius 1 is 0.415 bits per heavy atom. The second kappa shape index (κ2) is 23.3. The zero-order valence-electron chi connectivity index (χ0n) is 28.6. The number of ether oxygens (including phenoxy) is 3.